The molecule has 2 N–H and O–H groups in total. The molecule has 0 spiro atoms. The Kier molecular flexibility index (Phi) is 13.5. The van der Waals surface area contributed by atoms with Gasteiger partial charge in [-0.2, -0.15) is 8.42 Å². The van der Waals surface area contributed by atoms with E-state index in [1.807, 2.05) is 6.92 Å². The van der Waals surface area contributed by atoms with Crippen LogP contribution in [0.1, 0.15) is 39.5 Å². The molecule has 0 saturated heterocycles. The van der Waals surface area contributed by atoms with Crippen molar-refractivity contribution in [1.29, 1.82) is 0 Å². The van der Waals surface area contributed by atoms with Crippen molar-refractivity contribution in [2.45, 2.75) is 51.1 Å². The third kappa shape index (κ3) is 10.7. The molecule has 0 heterocycles. The van der Waals surface area contributed by atoms with Crippen molar-refractivity contribution >= 4 is 73.4 Å². The van der Waals surface area contributed by atoms with Gasteiger partial charge in [-0.1, -0.05) is 20.3 Å². The maximum atomic E-state index is 11.6. The van der Waals surface area contributed by atoms with Crippen LogP contribution in [-0.2, 0) is 29.2 Å². The molecular formula is C11H21KO8S. The second kappa shape index (κ2) is 11.9. The standard InChI is InChI=1S/C11H20O8S.K.H/c1-3-5-6-18-10(4-2)19-11(14)8(7-9(12)13)20(15,16)17;;/h8,10H,3-7H2,1-2H3,(H,12,13)(H,15,16,17);;. The number of ether oxygens (including phenoxy) is 2. The normalized spacial score (nSPS) is 13.9. The third-order valence-corrected chi connectivity index (χ3v) is 3.44. The first-order chi connectivity index (χ1) is 9.22. The van der Waals surface area contributed by atoms with E-state index in [0.717, 1.165) is 12.8 Å². The van der Waals surface area contributed by atoms with Crippen molar-refractivity contribution in [2.75, 3.05) is 6.61 Å². The van der Waals surface area contributed by atoms with Crippen LogP contribution in [0, 0.1) is 0 Å². The molecule has 0 amide bonds. The number of carboxylic acids is 1. The van der Waals surface area contributed by atoms with Crippen molar-refractivity contribution in [1.82, 2.24) is 0 Å². The van der Waals surface area contributed by atoms with Crippen LogP contribution in [-0.4, -0.2) is 99.5 Å². The molecular weight excluding hydrogens is 331 g/mol. The first-order valence-electron chi connectivity index (χ1n) is 6.22. The van der Waals surface area contributed by atoms with E-state index in [1.165, 1.54) is 0 Å². The van der Waals surface area contributed by atoms with Crippen LogP contribution in [0.15, 0.2) is 0 Å². The van der Waals surface area contributed by atoms with Gasteiger partial charge in [-0.3, -0.25) is 14.1 Å². The number of carboxylic acid groups (broad SMARTS) is 1. The van der Waals surface area contributed by atoms with Gasteiger partial charge in [0, 0.05) is 6.42 Å². The van der Waals surface area contributed by atoms with E-state index in [1.54, 1.807) is 6.92 Å². The monoisotopic (exact) mass is 352 g/mol. The zero-order valence-corrected chi connectivity index (χ0v) is 12.3. The minimum atomic E-state index is -4.85. The van der Waals surface area contributed by atoms with Crippen LogP contribution in [0.2, 0.25) is 0 Å². The number of unbranched alkanes of at least 4 members (excludes halogenated alkanes) is 1. The molecule has 0 aromatic heterocycles. The zero-order chi connectivity index (χ0) is 15.8. The Morgan fingerprint density at radius 3 is 2.19 bits per heavy atom. The summed E-state index contributed by atoms with van der Waals surface area (Å²) in [7, 11) is -4.85. The summed E-state index contributed by atoms with van der Waals surface area (Å²) >= 11 is 0. The predicted octanol–water partition coefficient (Wildman–Crippen LogP) is 0.165. The van der Waals surface area contributed by atoms with Crippen molar-refractivity contribution in [2.24, 2.45) is 0 Å². The Labute approximate surface area is 166 Å². The second-order valence-electron chi connectivity index (χ2n) is 4.10. The van der Waals surface area contributed by atoms with Crippen LogP contribution >= 0.6 is 0 Å². The maximum absolute atomic E-state index is 11.6. The van der Waals surface area contributed by atoms with Crippen molar-refractivity contribution in [3.63, 3.8) is 0 Å². The van der Waals surface area contributed by atoms with Gasteiger partial charge in [0.15, 0.2) is 5.25 Å². The van der Waals surface area contributed by atoms with Crippen LogP contribution in [0.25, 0.3) is 0 Å². The van der Waals surface area contributed by atoms with Gasteiger partial charge in [0.05, 0.1) is 13.0 Å². The van der Waals surface area contributed by atoms with Gasteiger partial charge in [0.2, 0.25) is 6.29 Å². The average Bonchev–Trinajstić information content (AvgIpc) is 2.33. The summed E-state index contributed by atoms with van der Waals surface area (Å²) in [6.07, 6.45) is -0.141. The summed E-state index contributed by atoms with van der Waals surface area (Å²) in [4.78, 5) is 22.1. The fourth-order valence-corrected chi connectivity index (χ4v) is 1.92. The number of hydrogen-bond acceptors (Lipinski definition) is 6. The zero-order valence-electron chi connectivity index (χ0n) is 11.4. The van der Waals surface area contributed by atoms with E-state index < -0.39 is 40.0 Å². The van der Waals surface area contributed by atoms with E-state index >= 15 is 0 Å². The van der Waals surface area contributed by atoms with Gasteiger partial charge in [-0.05, 0) is 6.42 Å². The summed E-state index contributed by atoms with van der Waals surface area (Å²) in [5, 5.41) is 6.40. The van der Waals surface area contributed by atoms with Gasteiger partial charge < -0.3 is 14.6 Å². The summed E-state index contributed by atoms with van der Waals surface area (Å²) in [5.41, 5.74) is 0. The van der Waals surface area contributed by atoms with Crippen LogP contribution < -0.4 is 0 Å². The summed E-state index contributed by atoms with van der Waals surface area (Å²) in [5.74, 6) is -2.87. The van der Waals surface area contributed by atoms with Crippen molar-refractivity contribution in [3.8, 4) is 0 Å². The van der Waals surface area contributed by atoms with Gasteiger partial charge in [0.25, 0.3) is 10.1 Å². The van der Waals surface area contributed by atoms with Crippen molar-refractivity contribution < 1.29 is 37.1 Å². The fraction of sp³-hybridized carbons (Fsp3) is 0.818. The SMILES string of the molecule is CCCCOC(CC)OC(=O)C(CC(=O)O)S(=O)(=O)O.[KH]. The molecule has 0 saturated carbocycles. The Morgan fingerprint density at radius 1 is 1.24 bits per heavy atom. The molecule has 10 heteroatoms. The van der Waals surface area contributed by atoms with Crippen LogP contribution in [0.5, 0.6) is 0 Å². The Bertz CT molecular complexity index is 422. The minimum absolute atomic E-state index is 0. The molecule has 0 aliphatic rings. The van der Waals surface area contributed by atoms with Gasteiger partial charge in [0.1, 0.15) is 0 Å². The van der Waals surface area contributed by atoms with E-state index in [2.05, 4.69) is 0 Å². The Hall–Kier alpha value is 0.446. The molecule has 2 atom stereocenters. The number of hydrogen-bond donors (Lipinski definition) is 2. The summed E-state index contributed by atoms with van der Waals surface area (Å²) in [6, 6.07) is 0. The average molecular weight is 352 g/mol. The number of aliphatic carboxylic acids is 1. The number of rotatable bonds is 10. The van der Waals surface area contributed by atoms with Gasteiger partial charge >= 0.3 is 63.3 Å². The third-order valence-electron chi connectivity index (χ3n) is 2.37. The van der Waals surface area contributed by atoms with E-state index in [-0.39, 0.29) is 57.8 Å². The molecule has 0 radical (unpaired) electrons. The molecule has 0 aliphatic carbocycles. The molecule has 0 rings (SSSR count). The predicted molar refractivity (Wildman–Crippen MR) is 75.8 cm³/mol. The van der Waals surface area contributed by atoms with E-state index in [4.69, 9.17) is 19.1 Å². The molecule has 0 bridgehead atoms. The molecule has 120 valence electrons. The first kappa shape index (κ1) is 23.7. The first-order valence-corrected chi connectivity index (χ1v) is 7.72. The molecule has 2 unspecified atom stereocenters. The molecule has 0 aromatic rings. The van der Waals surface area contributed by atoms with Gasteiger partial charge in [-0.15, -0.1) is 0 Å². The summed E-state index contributed by atoms with van der Waals surface area (Å²) in [6.45, 7) is 3.93. The van der Waals surface area contributed by atoms with Crippen LogP contribution in [0.3, 0.4) is 0 Å². The van der Waals surface area contributed by atoms with E-state index in [9.17, 15) is 18.0 Å². The fourth-order valence-electron chi connectivity index (χ4n) is 1.27. The quantitative estimate of drug-likeness (QED) is 0.187. The Morgan fingerprint density at radius 2 is 1.81 bits per heavy atom. The number of esters is 1. The Balaban J connectivity index is 0. The molecule has 0 fully saturated rings. The molecule has 8 nitrogen and oxygen atoms in total. The number of carbonyl (C=O) groups is 2. The van der Waals surface area contributed by atoms with Crippen molar-refractivity contribution in [3.05, 3.63) is 0 Å². The molecule has 0 aliphatic heterocycles. The topological polar surface area (TPSA) is 127 Å². The van der Waals surface area contributed by atoms with Gasteiger partial charge in [-0.25, -0.2) is 0 Å². The van der Waals surface area contributed by atoms with E-state index in [0.29, 0.717) is 6.61 Å². The number of carbonyl (C=O) groups excluding carboxylic acids is 1. The summed E-state index contributed by atoms with van der Waals surface area (Å²) < 4.78 is 40.8. The molecule has 21 heavy (non-hydrogen) atoms. The van der Waals surface area contributed by atoms with Crippen LogP contribution in [0.4, 0.5) is 0 Å². The second-order valence-corrected chi connectivity index (χ2v) is 5.70. The molecule has 0 aromatic carbocycles.